The minimum Gasteiger partial charge on any atom is -0.313 e. The summed E-state index contributed by atoms with van der Waals surface area (Å²) in [4.78, 5) is 2.69. The van der Waals surface area contributed by atoms with Gasteiger partial charge in [-0.2, -0.15) is 5.10 Å². The van der Waals surface area contributed by atoms with Gasteiger partial charge < -0.3 is 5.32 Å². The van der Waals surface area contributed by atoms with Gasteiger partial charge >= 0.3 is 0 Å². The van der Waals surface area contributed by atoms with E-state index >= 15 is 0 Å². The molecule has 2 fully saturated rings. The molecule has 3 rings (SSSR count). The molecule has 2 heterocycles. The summed E-state index contributed by atoms with van der Waals surface area (Å²) in [6.07, 6.45) is 7.64. The monoisotopic (exact) mass is 290 g/mol. The Balaban J connectivity index is 1.73. The number of nitrogens with zero attached hydrogens (tertiary/aromatic N) is 3. The molecule has 1 saturated carbocycles. The first-order valence-corrected chi connectivity index (χ1v) is 8.44. The standard InChI is InChI=1S/C17H30N4/c1-17(2,3)16-13(10-20(4)19-16)11-21(15-7-8-15)12-14-6-5-9-18-14/h10,14-15,18H,5-9,11-12H2,1-4H3. The number of rotatable bonds is 5. The van der Waals surface area contributed by atoms with Gasteiger partial charge in [0.15, 0.2) is 0 Å². The molecular weight excluding hydrogens is 260 g/mol. The molecule has 4 nitrogen and oxygen atoms in total. The number of nitrogens with one attached hydrogen (secondary N) is 1. The highest BCUT2D eigenvalue weighted by Gasteiger charge is 2.33. The maximum absolute atomic E-state index is 4.72. The number of aromatic nitrogens is 2. The molecule has 1 aliphatic carbocycles. The van der Waals surface area contributed by atoms with E-state index < -0.39 is 0 Å². The van der Waals surface area contributed by atoms with Crippen molar-refractivity contribution in [3.8, 4) is 0 Å². The average molecular weight is 290 g/mol. The smallest absolute Gasteiger partial charge is 0.0722 e. The van der Waals surface area contributed by atoms with Crippen molar-refractivity contribution in [2.75, 3.05) is 13.1 Å². The van der Waals surface area contributed by atoms with Crippen LogP contribution >= 0.6 is 0 Å². The third-order valence-corrected chi connectivity index (χ3v) is 4.67. The summed E-state index contributed by atoms with van der Waals surface area (Å²) in [5.74, 6) is 0. The van der Waals surface area contributed by atoms with Crippen LogP contribution in [0.25, 0.3) is 0 Å². The van der Waals surface area contributed by atoms with Crippen LogP contribution in [0.15, 0.2) is 6.20 Å². The van der Waals surface area contributed by atoms with E-state index in [0.717, 1.165) is 12.6 Å². The molecule has 1 aliphatic heterocycles. The second-order valence-corrected chi connectivity index (χ2v) is 7.88. The molecule has 0 radical (unpaired) electrons. The fourth-order valence-corrected chi connectivity index (χ4v) is 3.48. The highest BCUT2D eigenvalue weighted by Crippen LogP contribution is 2.31. The van der Waals surface area contributed by atoms with Gasteiger partial charge in [0.05, 0.1) is 5.69 Å². The van der Waals surface area contributed by atoms with Crippen molar-refractivity contribution in [3.05, 3.63) is 17.5 Å². The van der Waals surface area contributed by atoms with E-state index in [2.05, 4.69) is 37.2 Å². The summed E-state index contributed by atoms with van der Waals surface area (Å²) in [7, 11) is 2.04. The largest absolute Gasteiger partial charge is 0.313 e. The van der Waals surface area contributed by atoms with Gasteiger partial charge in [0, 0.05) is 49.4 Å². The van der Waals surface area contributed by atoms with Crippen LogP contribution in [0.5, 0.6) is 0 Å². The molecular formula is C17H30N4. The normalized spacial score (nSPS) is 23.2. The van der Waals surface area contributed by atoms with E-state index in [-0.39, 0.29) is 5.41 Å². The molecule has 0 bridgehead atoms. The third-order valence-electron chi connectivity index (χ3n) is 4.67. The van der Waals surface area contributed by atoms with Crippen molar-refractivity contribution in [2.24, 2.45) is 7.05 Å². The Bertz CT molecular complexity index is 475. The highest BCUT2D eigenvalue weighted by molar-refractivity contribution is 5.24. The summed E-state index contributed by atoms with van der Waals surface area (Å²) in [6, 6.07) is 1.50. The average Bonchev–Trinajstić information content (AvgIpc) is 2.98. The van der Waals surface area contributed by atoms with Crippen molar-refractivity contribution in [2.45, 2.75) is 70.5 Å². The van der Waals surface area contributed by atoms with Crippen LogP contribution in [0.4, 0.5) is 0 Å². The Morgan fingerprint density at radius 3 is 2.67 bits per heavy atom. The molecule has 1 N–H and O–H groups in total. The van der Waals surface area contributed by atoms with Gasteiger partial charge in [-0.3, -0.25) is 9.58 Å². The zero-order valence-electron chi connectivity index (χ0n) is 14.0. The molecule has 0 spiro atoms. The predicted octanol–water partition coefficient (Wildman–Crippen LogP) is 2.43. The van der Waals surface area contributed by atoms with E-state index in [9.17, 15) is 0 Å². The summed E-state index contributed by atoms with van der Waals surface area (Å²) in [5, 5.41) is 8.36. The quantitative estimate of drug-likeness (QED) is 0.904. The van der Waals surface area contributed by atoms with E-state index in [1.165, 1.54) is 50.0 Å². The maximum Gasteiger partial charge on any atom is 0.0722 e. The Morgan fingerprint density at radius 2 is 2.10 bits per heavy atom. The van der Waals surface area contributed by atoms with Crippen LogP contribution in [0.3, 0.4) is 0 Å². The van der Waals surface area contributed by atoms with Crippen molar-refractivity contribution in [1.82, 2.24) is 20.0 Å². The van der Waals surface area contributed by atoms with Crippen LogP contribution in [0.2, 0.25) is 0 Å². The second kappa shape index (κ2) is 5.73. The van der Waals surface area contributed by atoms with Gasteiger partial charge in [0.1, 0.15) is 0 Å². The fourth-order valence-electron chi connectivity index (χ4n) is 3.48. The first kappa shape index (κ1) is 15.0. The Kier molecular flexibility index (Phi) is 4.10. The highest BCUT2D eigenvalue weighted by atomic mass is 15.3. The van der Waals surface area contributed by atoms with Gasteiger partial charge in [-0.05, 0) is 32.2 Å². The van der Waals surface area contributed by atoms with Gasteiger partial charge in [-0.1, -0.05) is 20.8 Å². The van der Waals surface area contributed by atoms with Gasteiger partial charge in [-0.15, -0.1) is 0 Å². The fraction of sp³-hybridized carbons (Fsp3) is 0.824. The summed E-state index contributed by atoms with van der Waals surface area (Å²) in [5.41, 5.74) is 2.79. The molecule has 4 heteroatoms. The Labute approximate surface area is 128 Å². The van der Waals surface area contributed by atoms with Crippen molar-refractivity contribution in [1.29, 1.82) is 0 Å². The maximum atomic E-state index is 4.72. The molecule has 118 valence electrons. The molecule has 1 saturated heterocycles. The van der Waals surface area contributed by atoms with Crippen LogP contribution < -0.4 is 5.32 Å². The predicted molar refractivity (Wildman–Crippen MR) is 86.4 cm³/mol. The Hall–Kier alpha value is -0.870. The number of hydrogen-bond donors (Lipinski definition) is 1. The second-order valence-electron chi connectivity index (χ2n) is 7.88. The van der Waals surface area contributed by atoms with E-state index in [4.69, 9.17) is 5.10 Å². The van der Waals surface area contributed by atoms with Crippen molar-refractivity contribution >= 4 is 0 Å². The molecule has 0 aromatic carbocycles. The zero-order chi connectivity index (χ0) is 15.0. The van der Waals surface area contributed by atoms with Crippen molar-refractivity contribution < 1.29 is 0 Å². The SMILES string of the molecule is Cn1cc(CN(CC2CCCN2)C2CC2)c(C(C)(C)C)n1. The van der Waals surface area contributed by atoms with Crippen LogP contribution in [0, 0.1) is 0 Å². The lowest BCUT2D eigenvalue weighted by Crippen LogP contribution is -2.38. The summed E-state index contributed by atoms with van der Waals surface area (Å²) in [6.45, 7) is 10.2. The topological polar surface area (TPSA) is 33.1 Å². The molecule has 21 heavy (non-hydrogen) atoms. The zero-order valence-corrected chi connectivity index (χ0v) is 14.0. The lowest BCUT2D eigenvalue weighted by Gasteiger charge is -2.27. The van der Waals surface area contributed by atoms with Crippen molar-refractivity contribution in [3.63, 3.8) is 0 Å². The van der Waals surface area contributed by atoms with E-state index in [1.54, 1.807) is 0 Å². The minimum atomic E-state index is 0.122. The third kappa shape index (κ3) is 3.67. The first-order chi connectivity index (χ1) is 9.93. The lowest BCUT2D eigenvalue weighted by atomic mass is 9.89. The molecule has 1 unspecified atom stereocenters. The molecule has 1 aromatic heterocycles. The van der Waals surface area contributed by atoms with Gasteiger partial charge in [0.2, 0.25) is 0 Å². The summed E-state index contributed by atoms with van der Waals surface area (Å²) < 4.78 is 1.98. The van der Waals surface area contributed by atoms with Crippen LogP contribution in [-0.2, 0) is 19.0 Å². The molecule has 1 atom stereocenters. The van der Waals surface area contributed by atoms with Gasteiger partial charge in [-0.25, -0.2) is 0 Å². The molecule has 0 amide bonds. The first-order valence-electron chi connectivity index (χ1n) is 8.44. The summed E-state index contributed by atoms with van der Waals surface area (Å²) >= 11 is 0. The minimum absolute atomic E-state index is 0.122. The van der Waals surface area contributed by atoms with E-state index in [1.807, 2.05) is 11.7 Å². The van der Waals surface area contributed by atoms with Gasteiger partial charge in [0.25, 0.3) is 0 Å². The number of aryl methyl sites for hydroxylation is 1. The number of hydrogen-bond acceptors (Lipinski definition) is 3. The van der Waals surface area contributed by atoms with Crippen LogP contribution in [-0.4, -0.2) is 39.9 Å². The van der Waals surface area contributed by atoms with E-state index in [0.29, 0.717) is 6.04 Å². The molecule has 2 aliphatic rings. The lowest BCUT2D eigenvalue weighted by molar-refractivity contribution is 0.229. The Morgan fingerprint density at radius 1 is 1.33 bits per heavy atom. The van der Waals surface area contributed by atoms with Crippen LogP contribution in [0.1, 0.15) is 57.7 Å². The molecule has 1 aromatic rings.